The van der Waals surface area contributed by atoms with Crippen molar-refractivity contribution in [3.05, 3.63) is 78.9 Å². The molecule has 0 atom stereocenters. The van der Waals surface area contributed by atoms with Gasteiger partial charge in [-0.05, 0) is 44.8 Å². The van der Waals surface area contributed by atoms with Crippen LogP contribution in [0.15, 0.2) is 78.9 Å². The molecular weight excluding hydrogens is 300 g/mol. The molecule has 4 rings (SSSR count). The Balaban J connectivity index is 2.06. The van der Waals surface area contributed by atoms with Gasteiger partial charge < -0.3 is 9.59 Å². The summed E-state index contributed by atoms with van der Waals surface area (Å²) in [7, 11) is -2.50. The lowest BCUT2D eigenvalue weighted by atomic mass is 9.95. The van der Waals surface area contributed by atoms with Crippen LogP contribution in [0.3, 0.4) is 0 Å². The third-order valence-electron chi connectivity index (χ3n) is 4.20. The van der Waals surface area contributed by atoms with E-state index in [1.54, 1.807) is 6.07 Å². The first-order valence-corrected chi connectivity index (χ1v) is 8.90. The minimum atomic E-state index is -2.50. The van der Waals surface area contributed by atoms with Crippen LogP contribution in [0.1, 0.15) is 0 Å². The molecule has 0 saturated carbocycles. The quantitative estimate of drug-likeness (QED) is 0.440. The van der Waals surface area contributed by atoms with Crippen LogP contribution in [-0.2, 0) is 0 Å². The van der Waals surface area contributed by atoms with Crippen molar-refractivity contribution in [1.29, 1.82) is 0 Å². The van der Waals surface area contributed by atoms with E-state index < -0.39 is 9.28 Å². The lowest BCUT2D eigenvalue weighted by Gasteiger charge is -2.12. The van der Waals surface area contributed by atoms with Gasteiger partial charge >= 0.3 is 9.28 Å². The predicted molar refractivity (Wildman–Crippen MR) is 96.7 cm³/mol. The summed E-state index contributed by atoms with van der Waals surface area (Å²) in [6, 6.07) is 26.3. The van der Waals surface area contributed by atoms with Gasteiger partial charge in [-0.3, -0.25) is 0 Å². The van der Waals surface area contributed by atoms with Crippen LogP contribution in [-0.4, -0.2) is 18.9 Å². The predicted octanol–water partition coefficient (Wildman–Crippen LogP) is 3.34. The van der Waals surface area contributed by atoms with Gasteiger partial charge in [0.1, 0.15) is 0 Å². The molecule has 0 unspecified atom stereocenters. The van der Waals surface area contributed by atoms with E-state index in [-0.39, 0.29) is 0 Å². The average molecular weight is 315 g/mol. The first-order valence-electron chi connectivity index (χ1n) is 7.50. The van der Waals surface area contributed by atoms with Crippen molar-refractivity contribution in [3.63, 3.8) is 0 Å². The van der Waals surface area contributed by atoms with Crippen LogP contribution in [0.4, 0.5) is 0 Å². The molecule has 0 aliphatic rings. The molecule has 2 N–H and O–H groups in total. The molecule has 23 heavy (non-hydrogen) atoms. The highest BCUT2D eigenvalue weighted by Gasteiger charge is 2.16. The number of benzene rings is 4. The molecule has 3 heteroatoms. The molecule has 0 aromatic heterocycles. The zero-order valence-corrected chi connectivity index (χ0v) is 13.4. The third kappa shape index (κ3) is 2.45. The van der Waals surface area contributed by atoms with E-state index in [2.05, 4.69) is 30.3 Å². The fraction of sp³-hybridized carbons (Fsp3) is 0. The van der Waals surface area contributed by atoms with Crippen LogP contribution in [0, 0.1) is 0 Å². The molecule has 4 aromatic carbocycles. The zero-order valence-electron chi connectivity index (χ0n) is 12.4. The highest BCUT2D eigenvalue weighted by atomic mass is 28.3. The van der Waals surface area contributed by atoms with E-state index in [9.17, 15) is 9.59 Å². The summed E-state index contributed by atoms with van der Waals surface area (Å²) in [6.45, 7) is 0. The molecule has 0 spiro atoms. The maximum Gasteiger partial charge on any atom is 0.418 e. The molecule has 0 saturated heterocycles. The number of fused-ring (bicyclic) bond motifs is 2. The Morgan fingerprint density at radius 2 is 1.17 bits per heavy atom. The largest absolute Gasteiger partial charge is 0.418 e. The summed E-state index contributed by atoms with van der Waals surface area (Å²) in [5.41, 5.74) is 1.93. The summed E-state index contributed by atoms with van der Waals surface area (Å²) < 4.78 is 0. The molecule has 0 bridgehead atoms. The van der Waals surface area contributed by atoms with E-state index in [1.165, 1.54) is 10.8 Å². The van der Waals surface area contributed by atoms with Crippen LogP contribution in [0.25, 0.3) is 32.7 Å². The van der Waals surface area contributed by atoms with E-state index in [0.29, 0.717) is 5.19 Å². The number of hydrogen-bond donors (Lipinski definition) is 2. The van der Waals surface area contributed by atoms with Gasteiger partial charge in [-0.15, -0.1) is 0 Å². The van der Waals surface area contributed by atoms with Crippen LogP contribution in [0.2, 0.25) is 0 Å². The highest BCUT2D eigenvalue weighted by Crippen LogP contribution is 2.31. The Bertz CT molecular complexity index is 1010. The molecule has 1 radical (unpaired) electrons. The van der Waals surface area contributed by atoms with E-state index in [1.807, 2.05) is 42.5 Å². The van der Waals surface area contributed by atoms with Crippen LogP contribution in [0.5, 0.6) is 0 Å². The first kappa shape index (κ1) is 14.1. The minimum Gasteiger partial charge on any atom is -0.406 e. The van der Waals surface area contributed by atoms with E-state index >= 15 is 0 Å². The van der Waals surface area contributed by atoms with Gasteiger partial charge in [0.2, 0.25) is 0 Å². The summed E-state index contributed by atoms with van der Waals surface area (Å²) in [5, 5.41) is 5.30. The molecule has 2 nitrogen and oxygen atoms in total. The summed E-state index contributed by atoms with van der Waals surface area (Å²) in [5.74, 6) is 0. The lowest BCUT2D eigenvalue weighted by Crippen LogP contribution is -2.31. The highest BCUT2D eigenvalue weighted by molar-refractivity contribution is 6.60. The monoisotopic (exact) mass is 315 g/mol. The fourth-order valence-electron chi connectivity index (χ4n) is 3.11. The second kappa shape index (κ2) is 5.63. The van der Waals surface area contributed by atoms with E-state index in [4.69, 9.17) is 0 Å². The standard InChI is InChI=1S/C20H15O2Si/c21-23(22)20-11-4-3-9-18(20)17-10-5-8-16-12-14-6-1-2-7-15(14)13-19(16)17/h1-13,21-22H. The van der Waals surface area contributed by atoms with Gasteiger partial charge in [0, 0.05) is 5.19 Å². The Morgan fingerprint density at radius 1 is 0.565 bits per heavy atom. The number of rotatable bonds is 2. The summed E-state index contributed by atoms with van der Waals surface area (Å²) in [6.07, 6.45) is 0. The van der Waals surface area contributed by atoms with Gasteiger partial charge in [0.15, 0.2) is 0 Å². The van der Waals surface area contributed by atoms with Crippen molar-refractivity contribution >= 4 is 36.0 Å². The van der Waals surface area contributed by atoms with Crippen molar-refractivity contribution in [2.45, 2.75) is 0 Å². The second-order valence-electron chi connectivity index (χ2n) is 5.60. The molecular formula is C20H15O2Si. The van der Waals surface area contributed by atoms with Gasteiger partial charge in [-0.1, -0.05) is 66.7 Å². The Morgan fingerprint density at radius 3 is 1.96 bits per heavy atom. The van der Waals surface area contributed by atoms with Gasteiger partial charge in [0.25, 0.3) is 0 Å². The minimum absolute atomic E-state index is 0.623. The molecule has 4 aromatic rings. The van der Waals surface area contributed by atoms with Crippen molar-refractivity contribution in [2.24, 2.45) is 0 Å². The molecule has 0 amide bonds. The summed E-state index contributed by atoms with van der Waals surface area (Å²) in [4.78, 5) is 19.5. The molecule has 111 valence electrons. The van der Waals surface area contributed by atoms with Crippen LogP contribution >= 0.6 is 0 Å². The zero-order chi connectivity index (χ0) is 15.8. The SMILES string of the molecule is O[Si](O)c1ccccc1-c1cccc2cc3ccccc3cc12. The molecule has 0 heterocycles. The Labute approximate surface area is 136 Å². The first-order chi connectivity index (χ1) is 11.2. The normalized spacial score (nSPS) is 11.4. The van der Waals surface area contributed by atoms with Crippen LogP contribution < -0.4 is 5.19 Å². The van der Waals surface area contributed by atoms with E-state index in [0.717, 1.165) is 21.9 Å². The topological polar surface area (TPSA) is 40.5 Å². The van der Waals surface area contributed by atoms with Crippen molar-refractivity contribution in [1.82, 2.24) is 0 Å². The maximum atomic E-state index is 9.77. The average Bonchev–Trinajstić information content (AvgIpc) is 2.59. The number of hydrogen-bond acceptors (Lipinski definition) is 2. The summed E-state index contributed by atoms with van der Waals surface area (Å²) >= 11 is 0. The molecule has 0 fully saturated rings. The van der Waals surface area contributed by atoms with Gasteiger partial charge in [-0.25, -0.2) is 0 Å². The van der Waals surface area contributed by atoms with Crippen molar-refractivity contribution in [2.75, 3.05) is 0 Å². The van der Waals surface area contributed by atoms with Gasteiger partial charge in [0.05, 0.1) is 0 Å². The van der Waals surface area contributed by atoms with Crippen molar-refractivity contribution < 1.29 is 9.59 Å². The lowest BCUT2D eigenvalue weighted by molar-refractivity contribution is 0.426. The third-order valence-corrected chi connectivity index (χ3v) is 5.12. The Kier molecular flexibility index (Phi) is 3.46. The Hall–Kier alpha value is -2.46. The fourth-order valence-corrected chi connectivity index (χ4v) is 3.82. The van der Waals surface area contributed by atoms with Crippen molar-refractivity contribution in [3.8, 4) is 11.1 Å². The van der Waals surface area contributed by atoms with Gasteiger partial charge in [-0.2, -0.15) is 0 Å². The smallest absolute Gasteiger partial charge is 0.406 e. The maximum absolute atomic E-state index is 9.77. The molecule has 0 aliphatic heterocycles. The second-order valence-corrected chi connectivity index (χ2v) is 6.78. The molecule has 0 aliphatic carbocycles.